The van der Waals surface area contributed by atoms with E-state index in [1.807, 2.05) is 11.9 Å². The lowest BCUT2D eigenvalue weighted by atomic mass is 10.2. The normalized spacial score (nSPS) is 17.8. The van der Waals surface area contributed by atoms with E-state index in [1.165, 1.54) is 0 Å². The topological polar surface area (TPSA) is 64.4 Å². The fraction of sp³-hybridized carbons (Fsp3) is 0.917. The molecule has 0 aromatic heterocycles. The predicted octanol–water partition coefficient (Wildman–Crippen LogP) is 1.04. The number of piperidine rings is 1. The SMILES string of the molecule is CN(CCC#N)CCCS(=O)(=O)N1CCCCC1. The molecule has 0 radical (unpaired) electrons. The van der Waals surface area contributed by atoms with Crippen LogP contribution in [0.2, 0.25) is 0 Å². The fourth-order valence-corrected chi connectivity index (χ4v) is 3.71. The first-order valence-corrected chi connectivity index (χ1v) is 8.20. The van der Waals surface area contributed by atoms with Crippen LogP contribution in [0, 0.1) is 11.3 Å². The largest absolute Gasteiger partial charge is 0.305 e. The van der Waals surface area contributed by atoms with Crippen LogP contribution in [0.4, 0.5) is 0 Å². The smallest absolute Gasteiger partial charge is 0.214 e. The molecule has 104 valence electrons. The predicted molar refractivity (Wildman–Crippen MR) is 71.6 cm³/mol. The Labute approximate surface area is 110 Å². The summed E-state index contributed by atoms with van der Waals surface area (Å²) in [5.41, 5.74) is 0. The zero-order valence-corrected chi connectivity index (χ0v) is 12.0. The minimum Gasteiger partial charge on any atom is -0.305 e. The number of rotatable bonds is 7. The van der Waals surface area contributed by atoms with E-state index in [1.54, 1.807) is 4.31 Å². The Morgan fingerprint density at radius 1 is 1.22 bits per heavy atom. The molecule has 5 nitrogen and oxygen atoms in total. The quantitative estimate of drug-likeness (QED) is 0.695. The van der Waals surface area contributed by atoms with Crippen molar-refractivity contribution in [2.75, 3.05) is 39.0 Å². The van der Waals surface area contributed by atoms with Crippen LogP contribution in [-0.4, -0.2) is 56.6 Å². The first-order valence-electron chi connectivity index (χ1n) is 6.59. The monoisotopic (exact) mass is 273 g/mol. The number of hydrogen-bond donors (Lipinski definition) is 0. The van der Waals surface area contributed by atoms with Gasteiger partial charge in [0.25, 0.3) is 0 Å². The molecule has 0 atom stereocenters. The second-order valence-corrected chi connectivity index (χ2v) is 6.93. The molecule has 6 heteroatoms. The average molecular weight is 273 g/mol. The molecular formula is C12H23N3O2S. The van der Waals surface area contributed by atoms with Gasteiger partial charge in [0, 0.05) is 26.1 Å². The Bertz CT molecular complexity index is 369. The van der Waals surface area contributed by atoms with Gasteiger partial charge in [-0.3, -0.25) is 0 Å². The third kappa shape index (κ3) is 5.34. The van der Waals surface area contributed by atoms with Gasteiger partial charge in [-0.25, -0.2) is 12.7 Å². The van der Waals surface area contributed by atoms with Crippen molar-refractivity contribution in [2.45, 2.75) is 32.1 Å². The van der Waals surface area contributed by atoms with Crippen molar-refractivity contribution in [3.05, 3.63) is 0 Å². The minimum absolute atomic E-state index is 0.226. The molecule has 1 rings (SSSR count). The van der Waals surface area contributed by atoms with E-state index in [2.05, 4.69) is 6.07 Å². The van der Waals surface area contributed by atoms with Crippen molar-refractivity contribution < 1.29 is 8.42 Å². The van der Waals surface area contributed by atoms with Crippen molar-refractivity contribution >= 4 is 10.0 Å². The first kappa shape index (κ1) is 15.4. The Morgan fingerprint density at radius 2 is 1.89 bits per heavy atom. The molecule has 1 saturated heterocycles. The van der Waals surface area contributed by atoms with E-state index >= 15 is 0 Å². The molecule has 1 fully saturated rings. The fourth-order valence-electron chi connectivity index (χ4n) is 2.14. The van der Waals surface area contributed by atoms with Gasteiger partial charge >= 0.3 is 0 Å². The van der Waals surface area contributed by atoms with Gasteiger partial charge in [0.1, 0.15) is 0 Å². The van der Waals surface area contributed by atoms with Crippen molar-refractivity contribution in [3.63, 3.8) is 0 Å². The van der Waals surface area contributed by atoms with Crippen LogP contribution in [0.3, 0.4) is 0 Å². The second kappa shape index (κ2) is 7.72. The highest BCUT2D eigenvalue weighted by Crippen LogP contribution is 2.14. The summed E-state index contributed by atoms with van der Waals surface area (Å²) in [6.45, 7) is 2.81. The summed E-state index contributed by atoms with van der Waals surface area (Å²) >= 11 is 0. The minimum atomic E-state index is -3.06. The van der Waals surface area contributed by atoms with Crippen LogP contribution in [0.25, 0.3) is 0 Å². The van der Waals surface area contributed by atoms with E-state index in [-0.39, 0.29) is 5.75 Å². The Kier molecular flexibility index (Phi) is 6.61. The molecule has 0 N–H and O–H groups in total. The molecule has 0 aromatic rings. The van der Waals surface area contributed by atoms with Gasteiger partial charge in [-0.1, -0.05) is 6.42 Å². The maximum Gasteiger partial charge on any atom is 0.214 e. The van der Waals surface area contributed by atoms with Crippen molar-refractivity contribution in [3.8, 4) is 6.07 Å². The summed E-state index contributed by atoms with van der Waals surface area (Å²) in [5, 5.41) is 8.46. The lowest BCUT2D eigenvalue weighted by Gasteiger charge is -2.26. The van der Waals surface area contributed by atoms with Crippen LogP contribution in [0.15, 0.2) is 0 Å². The van der Waals surface area contributed by atoms with E-state index in [9.17, 15) is 8.42 Å². The molecule has 18 heavy (non-hydrogen) atoms. The molecule has 1 aliphatic rings. The summed E-state index contributed by atoms with van der Waals surface area (Å²) in [6.07, 6.45) is 4.25. The van der Waals surface area contributed by atoms with Crippen LogP contribution >= 0.6 is 0 Å². The lowest BCUT2D eigenvalue weighted by Crippen LogP contribution is -2.37. The third-order valence-electron chi connectivity index (χ3n) is 3.26. The molecule has 0 saturated carbocycles. The number of hydrogen-bond acceptors (Lipinski definition) is 4. The highest BCUT2D eigenvalue weighted by molar-refractivity contribution is 7.89. The molecule has 1 aliphatic heterocycles. The Balaban J connectivity index is 2.26. The summed E-state index contributed by atoms with van der Waals surface area (Å²) in [4.78, 5) is 2.01. The van der Waals surface area contributed by atoms with Gasteiger partial charge in [0.05, 0.1) is 11.8 Å². The Hall–Kier alpha value is -0.640. The van der Waals surface area contributed by atoms with Crippen molar-refractivity contribution in [1.29, 1.82) is 5.26 Å². The van der Waals surface area contributed by atoms with Gasteiger partial charge < -0.3 is 4.90 Å². The molecular weight excluding hydrogens is 250 g/mol. The van der Waals surface area contributed by atoms with Gasteiger partial charge in [-0.05, 0) is 32.9 Å². The highest BCUT2D eigenvalue weighted by Gasteiger charge is 2.23. The van der Waals surface area contributed by atoms with Crippen molar-refractivity contribution in [1.82, 2.24) is 9.21 Å². The summed E-state index contributed by atoms with van der Waals surface area (Å²) < 4.78 is 25.7. The molecule has 0 aliphatic carbocycles. The van der Waals surface area contributed by atoms with Crippen LogP contribution in [0.5, 0.6) is 0 Å². The van der Waals surface area contributed by atoms with E-state index in [0.717, 1.165) is 25.8 Å². The molecule has 1 heterocycles. The van der Waals surface area contributed by atoms with Gasteiger partial charge in [0.15, 0.2) is 0 Å². The summed E-state index contributed by atoms with van der Waals surface area (Å²) in [5.74, 6) is 0.226. The highest BCUT2D eigenvalue weighted by atomic mass is 32.2. The molecule has 0 amide bonds. The third-order valence-corrected chi connectivity index (χ3v) is 5.21. The van der Waals surface area contributed by atoms with Crippen LogP contribution < -0.4 is 0 Å². The maximum absolute atomic E-state index is 12.0. The molecule has 0 aromatic carbocycles. The molecule has 0 bridgehead atoms. The standard InChI is InChI=1S/C12H23N3O2S/c1-14(8-5-7-13)9-6-12-18(16,17)15-10-3-2-4-11-15/h2-6,8-12H2,1H3. The van der Waals surface area contributed by atoms with Gasteiger partial charge in [0.2, 0.25) is 10.0 Å². The molecule has 0 unspecified atom stereocenters. The first-order chi connectivity index (χ1) is 8.56. The maximum atomic E-state index is 12.0. The number of nitriles is 1. The summed E-state index contributed by atoms with van der Waals surface area (Å²) in [6, 6.07) is 2.09. The van der Waals surface area contributed by atoms with E-state index in [0.29, 0.717) is 32.5 Å². The summed E-state index contributed by atoms with van der Waals surface area (Å²) in [7, 11) is -1.14. The Morgan fingerprint density at radius 3 is 2.50 bits per heavy atom. The molecule has 0 spiro atoms. The number of nitrogens with zero attached hydrogens (tertiary/aromatic N) is 3. The second-order valence-electron chi connectivity index (χ2n) is 4.84. The van der Waals surface area contributed by atoms with Crippen molar-refractivity contribution in [2.24, 2.45) is 0 Å². The lowest BCUT2D eigenvalue weighted by molar-refractivity contribution is 0.332. The zero-order chi connectivity index (χ0) is 13.4. The van der Waals surface area contributed by atoms with E-state index in [4.69, 9.17) is 5.26 Å². The van der Waals surface area contributed by atoms with Crippen LogP contribution in [0.1, 0.15) is 32.1 Å². The van der Waals surface area contributed by atoms with E-state index < -0.39 is 10.0 Å². The van der Waals surface area contributed by atoms with Gasteiger partial charge in [-0.2, -0.15) is 5.26 Å². The van der Waals surface area contributed by atoms with Crippen LogP contribution in [-0.2, 0) is 10.0 Å². The number of sulfonamides is 1. The van der Waals surface area contributed by atoms with Gasteiger partial charge in [-0.15, -0.1) is 0 Å². The zero-order valence-electron chi connectivity index (χ0n) is 11.1. The average Bonchev–Trinajstić information content (AvgIpc) is 2.37.